The van der Waals surface area contributed by atoms with Gasteiger partial charge in [-0.1, -0.05) is 26.0 Å². The molecule has 0 heterocycles. The van der Waals surface area contributed by atoms with Crippen molar-refractivity contribution in [1.82, 2.24) is 5.32 Å². The zero-order chi connectivity index (χ0) is 11.3. The lowest BCUT2D eigenvalue weighted by atomic mass is 9.87. The molecule has 0 bridgehead atoms. The Morgan fingerprint density at radius 2 is 2.27 bits per heavy atom. The van der Waals surface area contributed by atoms with Gasteiger partial charge >= 0.3 is 0 Å². The first kappa shape index (κ1) is 12.2. The fourth-order valence-electron chi connectivity index (χ4n) is 1.98. The second kappa shape index (κ2) is 5.91. The van der Waals surface area contributed by atoms with Gasteiger partial charge < -0.3 is 11.1 Å². The molecule has 3 N–H and O–H groups in total. The van der Waals surface area contributed by atoms with Crippen LogP contribution >= 0.6 is 0 Å². The van der Waals surface area contributed by atoms with E-state index in [0.29, 0.717) is 11.8 Å². The number of amides is 1. The van der Waals surface area contributed by atoms with E-state index in [1.807, 2.05) is 0 Å². The molecule has 0 saturated heterocycles. The van der Waals surface area contributed by atoms with Gasteiger partial charge in [0, 0.05) is 0 Å². The molecule has 2 atom stereocenters. The van der Waals surface area contributed by atoms with Gasteiger partial charge in [0.1, 0.15) is 0 Å². The van der Waals surface area contributed by atoms with Crippen molar-refractivity contribution in [3.8, 4) is 0 Å². The molecule has 2 unspecified atom stereocenters. The normalized spacial score (nSPS) is 23.0. The molecule has 3 nitrogen and oxygen atoms in total. The second-order valence-electron chi connectivity index (χ2n) is 4.73. The Kier molecular flexibility index (Phi) is 4.82. The van der Waals surface area contributed by atoms with Gasteiger partial charge in [0.25, 0.3) is 0 Å². The monoisotopic (exact) mass is 210 g/mol. The Labute approximate surface area is 92.1 Å². The molecule has 86 valence electrons. The van der Waals surface area contributed by atoms with Crippen LogP contribution in [-0.4, -0.2) is 18.5 Å². The maximum Gasteiger partial charge on any atom is 0.234 e. The van der Waals surface area contributed by atoms with Gasteiger partial charge in [-0.15, -0.1) is 0 Å². The SMILES string of the molecule is CC(C)CNC(C(N)=O)C1CC=CCC1. The second-order valence-corrected chi connectivity index (χ2v) is 4.73. The molecule has 0 saturated carbocycles. The van der Waals surface area contributed by atoms with Crippen LogP contribution in [0.2, 0.25) is 0 Å². The Hall–Kier alpha value is -0.830. The fourth-order valence-corrected chi connectivity index (χ4v) is 1.98. The molecule has 1 aliphatic carbocycles. The highest BCUT2D eigenvalue weighted by Gasteiger charge is 2.25. The van der Waals surface area contributed by atoms with E-state index in [4.69, 9.17) is 5.73 Å². The Bertz CT molecular complexity index is 236. The largest absolute Gasteiger partial charge is 0.368 e. The molecule has 0 aliphatic heterocycles. The summed E-state index contributed by atoms with van der Waals surface area (Å²) in [6, 6.07) is -0.155. The highest BCUT2D eigenvalue weighted by molar-refractivity contribution is 5.80. The summed E-state index contributed by atoms with van der Waals surface area (Å²) in [5.74, 6) is 0.716. The number of carbonyl (C=O) groups is 1. The quantitative estimate of drug-likeness (QED) is 0.675. The van der Waals surface area contributed by atoms with Crippen LogP contribution in [0.4, 0.5) is 0 Å². The molecule has 1 amide bonds. The highest BCUT2D eigenvalue weighted by Crippen LogP contribution is 2.21. The van der Waals surface area contributed by atoms with Crippen molar-refractivity contribution in [1.29, 1.82) is 0 Å². The van der Waals surface area contributed by atoms with Crippen molar-refractivity contribution < 1.29 is 4.79 Å². The van der Waals surface area contributed by atoms with Crippen molar-refractivity contribution in [2.24, 2.45) is 17.6 Å². The summed E-state index contributed by atoms with van der Waals surface area (Å²) >= 11 is 0. The van der Waals surface area contributed by atoms with Gasteiger partial charge in [-0.2, -0.15) is 0 Å². The van der Waals surface area contributed by atoms with E-state index in [1.54, 1.807) is 0 Å². The minimum Gasteiger partial charge on any atom is -0.368 e. The van der Waals surface area contributed by atoms with E-state index in [9.17, 15) is 4.79 Å². The van der Waals surface area contributed by atoms with Crippen molar-refractivity contribution in [3.63, 3.8) is 0 Å². The smallest absolute Gasteiger partial charge is 0.234 e. The fraction of sp³-hybridized carbons (Fsp3) is 0.750. The number of nitrogens with two attached hydrogens (primary N) is 1. The number of primary amides is 1. The molecule has 1 aliphatic rings. The van der Waals surface area contributed by atoms with Crippen molar-refractivity contribution in [2.45, 2.75) is 39.2 Å². The number of allylic oxidation sites excluding steroid dienone is 2. The molecule has 0 radical (unpaired) electrons. The average Bonchev–Trinajstić information content (AvgIpc) is 2.18. The van der Waals surface area contributed by atoms with E-state index in [-0.39, 0.29) is 11.9 Å². The number of rotatable bonds is 5. The van der Waals surface area contributed by atoms with Crippen LogP contribution in [0.15, 0.2) is 12.2 Å². The molecule has 1 rings (SSSR count). The summed E-state index contributed by atoms with van der Waals surface area (Å²) in [7, 11) is 0. The molecule has 0 spiro atoms. The van der Waals surface area contributed by atoms with E-state index < -0.39 is 0 Å². The number of hydrogen-bond acceptors (Lipinski definition) is 2. The van der Waals surface area contributed by atoms with Crippen LogP contribution in [0.1, 0.15) is 33.1 Å². The number of nitrogens with one attached hydrogen (secondary N) is 1. The van der Waals surface area contributed by atoms with E-state index in [0.717, 1.165) is 25.8 Å². The summed E-state index contributed by atoms with van der Waals surface area (Å²) in [5, 5.41) is 3.28. The maximum atomic E-state index is 11.3. The minimum absolute atomic E-state index is 0.155. The predicted octanol–water partition coefficient (Wildman–Crippen LogP) is 1.44. The first-order chi connectivity index (χ1) is 7.11. The Balaban J connectivity index is 2.49. The lowest BCUT2D eigenvalue weighted by Gasteiger charge is -2.27. The number of hydrogen-bond donors (Lipinski definition) is 2. The third-order valence-electron chi connectivity index (χ3n) is 2.83. The van der Waals surface area contributed by atoms with Gasteiger partial charge in [-0.25, -0.2) is 0 Å². The third kappa shape index (κ3) is 4.04. The minimum atomic E-state index is -0.212. The third-order valence-corrected chi connectivity index (χ3v) is 2.83. The van der Waals surface area contributed by atoms with Crippen LogP contribution < -0.4 is 11.1 Å². The molecular formula is C12H22N2O. The molecule has 0 aromatic rings. The molecule has 0 fully saturated rings. The summed E-state index contributed by atoms with van der Waals surface area (Å²) in [4.78, 5) is 11.3. The van der Waals surface area contributed by atoms with Gasteiger partial charge in [-0.3, -0.25) is 4.79 Å². The first-order valence-corrected chi connectivity index (χ1v) is 5.79. The molecule has 15 heavy (non-hydrogen) atoms. The van der Waals surface area contributed by atoms with Crippen molar-refractivity contribution >= 4 is 5.91 Å². The average molecular weight is 210 g/mol. The predicted molar refractivity (Wildman–Crippen MR) is 62.3 cm³/mol. The summed E-state index contributed by atoms with van der Waals surface area (Å²) in [5.41, 5.74) is 5.43. The first-order valence-electron chi connectivity index (χ1n) is 5.79. The maximum absolute atomic E-state index is 11.3. The van der Waals surface area contributed by atoms with Crippen LogP contribution in [0.5, 0.6) is 0 Å². The zero-order valence-electron chi connectivity index (χ0n) is 9.70. The van der Waals surface area contributed by atoms with Crippen LogP contribution in [0.25, 0.3) is 0 Å². The molecule has 3 heteroatoms. The molecule has 0 aromatic heterocycles. The zero-order valence-corrected chi connectivity index (χ0v) is 9.70. The summed E-state index contributed by atoms with van der Waals surface area (Å²) < 4.78 is 0. The van der Waals surface area contributed by atoms with Crippen molar-refractivity contribution in [3.05, 3.63) is 12.2 Å². The Morgan fingerprint density at radius 1 is 1.53 bits per heavy atom. The van der Waals surface area contributed by atoms with E-state index in [1.165, 1.54) is 0 Å². The van der Waals surface area contributed by atoms with Crippen molar-refractivity contribution in [2.75, 3.05) is 6.54 Å². The van der Waals surface area contributed by atoms with Crippen LogP contribution in [-0.2, 0) is 4.79 Å². The standard InChI is InChI=1S/C12H22N2O/c1-9(2)8-14-11(12(13)15)10-6-4-3-5-7-10/h3-4,9-11,14H,5-8H2,1-2H3,(H2,13,15). The van der Waals surface area contributed by atoms with E-state index in [2.05, 4.69) is 31.3 Å². The summed E-state index contributed by atoms with van der Waals surface area (Å²) in [6.07, 6.45) is 7.43. The Morgan fingerprint density at radius 3 is 2.73 bits per heavy atom. The lowest BCUT2D eigenvalue weighted by Crippen LogP contribution is -2.48. The molecule has 0 aromatic carbocycles. The topological polar surface area (TPSA) is 55.1 Å². The van der Waals surface area contributed by atoms with Crippen LogP contribution in [0.3, 0.4) is 0 Å². The number of carbonyl (C=O) groups excluding carboxylic acids is 1. The van der Waals surface area contributed by atoms with Gasteiger partial charge in [-0.05, 0) is 37.6 Å². The van der Waals surface area contributed by atoms with Gasteiger partial charge in [0.15, 0.2) is 0 Å². The van der Waals surface area contributed by atoms with Gasteiger partial charge in [0.05, 0.1) is 6.04 Å². The summed E-state index contributed by atoms with van der Waals surface area (Å²) in [6.45, 7) is 5.12. The van der Waals surface area contributed by atoms with E-state index >= 15 is 0 Å². The molecular weight excluding hydrogens is 188 g/mol. The van der Waals surface area contributed by atoms with Crippen LogP contribution in [0, 0.1) is 11.8 Å². The highest BCUT2D eigenvalue weighted by atomic mass is 16.1. The lowest BCUT2D eigenvalue weighted by molar-refractivity contribution is -0.121. The van der Waals surface area contributed by atoms with Gasteiger partial charge in [0.2, 0.25) is 5.91 Å².